The summed E-state index contributed by atoms with van der Waals surface area (Å²) in [4.78, 5) is 46.5. The average Bonchev–Trinajstić information content (AvgIpc) is 2.75. The van der Waals surface area contributed by atoms with Crippen LogP contribution in [0.25, 0.3) is 5.76 Å². The summed E-state index contributed by atoms with van der Waals surface area (Å²) in [6, 6.07) is -1.10. The number of carbonyl (C=O) groups is 3. The number of primary amides is 1. The van der Waals surface area contributed by atoms with Gasteiger partial charge in [0.25, 0.3) is 5.91 Å². The molecule has 4 rings (SSSR count). The number of pyridine rings is 1. The molecule has 1 saturated carbocycles. The number of aromatic nitrogens is 1. The Morgan fingerprint density at radius 2 is 1.88 bits per heavy atom. The predicted octanol–water partition coefficient (Wildman–Crippen LogP) is -0.185. The summed E-state index contributed by atoms with van der Waals surface area (Å²) < 4.78 is 0. The van der Waals surface area contributed by atoms with Gasteiger partial charge in [0.05, 0.1) is 17.8 Å². The minimum Gasteiger partial charge on any atom is -0.508 e. The predicted molar refractivity (Wildman–Crippen MR) is 121 cm³/mol. The monoisotopic (exact) mass is 472 g/mol. The van der Waals surface area contributed by atoms with E-state index in [4.69, 9.17) is 5.73 Å². The molecule has 0 bridgehead atoms. The van der Waals surface area contributed by atoms with Gasteiger partial charge >= 0.3 is 0 Å². The van der Waals surface area contributed by atoms with Crippen molar-refractivity contribution in [1.29, 1.82) is 0 Å². The smallest absolute Gasteiger partial charge is 0.255 e. The number of aromatic hydroxyl groups is 1. The maximum Gasteiger partial charge on any atom is 0.255 e. The van der Waals surface area contributed by atoms with Gasteiger partial charge in [-0.25, -0.2) is 4.98 Å². The number of carbonyl (C=O) groups excluding carboxylic acids is 3. The number of amides is 1. The fourth-order valence-corrected chi connectivity index (χ4v) is 5.62. The second kappa shape index (κ2) is 7.81. The van der Waals surface area contributed by atoms with Gasteiger partial charge in [0.2, 0.25) is 5.78 Å². The van der Waals surface area contributed by atoms with Crippen molar-refractivity contribution in [3.63, 3.8) is 0 Å². The van der Waals surface area contributed by atoms with E-state index in [1.807, 2.05) is 0 Å². The van der Waals surface area contributed by atoms with Crippen LogP contribution < -0.4 is 10.6 Å². The topological polar surface area (TPSA) is 178 Å². The number of hydrogen-bond acceptors (Lipinski definition) is 10. The molecule has 6 N–H and O–H groups in total. The summed E-state index contributed by atoms with van der Waals surface area (Å²) in [5.41, 5.74) is 2.24. The number of ketones is 2. The van der Waals surface area contributed by atoms with Crippen molar-refractivity contribution in [2.45, 2.75) is 31.4 Å². The molecule has 0 aromatic carbocycles. The molecule has 0 saturated heterocycles. The highest BCUT2D eigenvalue weighted by Crippen LogP contribution is 2.53. The van der Waals surface area contributed by atoms with Crippen molar-refractivity contribution < 1.29 is 34.8 Å². The van der Waals surface area contributed by atoms with E-state index in [1.165, 1.54) is 0 Å². The molecular weight excluding hydrogens is 444 g/mol. The van der Waals surface area contributed by atoms with Gasteiger partial charge in [-0.1, -0.05) is 6.92 Å². The molecule has 1 aromatic heterocycles. The van der Waals surface area contributed by atoms with Crippen LogP contribution >= 0.6 is 0 Å². The molecule has 1 heterocycles. The number of anilines is 1. The quantitative estimate of drug-likeness (QED) is 0.369. The number of hydrogen-bond donors (Lipinski definition) is 5. The summed E-state index contributed by atoms with van der Waals surface area (Å²) >= 11 is 0. The Hall–Kier alpha value is -3.44. The summed E-state index contributed by atoms with van der Waals surface area (Å²) in [7, 11) is 5.11. The Kier molecular flexibility index (Phi) is 5.45. The molecule has 1 aromatic rings. The third-order valence-electron chi connectivity index (χ3n) is 7.29. The lowest BCUT2D eigenvalue weighted by Gasteiger charge is -2.50. The highest BCUT2D eigenvalue weighted by molar-refractivity contribution is 6.24. The van der Waals surface area contributed by atoms with E-state index >= 15 is 0 Å². The molecule has 11 nitrogen and oxygen atoms in total. The van der Waals surface area contributed by atoms with Crippen molar-refractivity contribution in [1.82, 2.24) is 9.88 Å². The van der Waals surface area contributed by atoms with Gasteiger partial charge in [0.15, 0.2) is 11.4 Å². The second-order valence-electron chi connectivity index (χ2n) is 9.29. The molecule has 11 heteroatoms. The molecular formula is C23H28N4O7. The summed E-state index contributed by atoms with van der Waals surface area (Å²) in [5, 5.41) is 44.0. The highest BCUT2D eigenvalue weighted by atomic mass is 16.3. The van der Waals surface area contributed by atoms with Gasteiger partial charge in [-0.2, -0.15) is 0 Å². The van der Waals surface area contributed by atoms with Crippen LogP contribution in [0.3, 0.4) is 0 Å². The molecule has 1 fully saturated rings. The zero-order valence-electron chi connectivity index (χ0n) is 19.4. The van der Waals surface area contributed by atoms with Crippen molar-refractivity contribution in [3.8, 4) is 5.75 Å². The van der Waals surface area contributed by atoms with Crippen LogP contribution in [0, 0.1) is 11.8 Å². The third kappa shape index (κ3) is 2.96. The van der Waals surface area contributed by atoms with Crippen LogP contribution in [0.4, 0.5) is 5.82 Å². The van der Waals surface area contributed by atoms with E-state index in [2.05, 4.69) is 4.98 Å². The van der Waals surface area contributed by atoms with Crippen molar-refractivity contribution in [3.05, 3.63) is 34.2 Å². The lowest BCUT2D eigenvalue weighted by molar-refractivity contribution is -0.154. The first kappa shape index (κ1) is 23.7. The molecule has 0 aliphatic heterocycles. The fraction of sp³-hybridized carbons (Fsp3) is 0.478. The number of Topliss-reactive ketones (excluding diaryl/α,β-unsaturated/α-hetero) is 2. The number of aliphatic hydroxyl groups is 3. The normalized spacial score (nSPS) is 28.6. The molecule has 0 radical (unpaired) electrons. The van der Waals surface area contributed by atoms with E-state index in [0.717, 1.165) is 6.20 Å². The summed E-state index contributed by atoms with van der Waals surface area (Å²) in [6.45, 7) is 2.12. The van der Waals surface area contributed by atoms with Crippen LogP contribution in [0.2, 0.25) is 0 Å². The third-order valence-corrected chi connectivity index (χ3v) is 7.29. The first-order chi connectivity index (χ1) is 15.9. The van der Waals surface area contributed by atoms with Crippen molar-refractivity contribution >= 4 is 29.1 Å². The lowest BCUT2D eigenvalue weighted by Crippen LogP contribution is -2.66. The molecule has 4 atom stereocenters. The second-order valence-corrected chi connectivity index (χ2v) is 9.29. The Morgan fingerprint density at radius 1 is 1.24 bits per heavy atom. The Morgan fingerprint density at radius 3 is 2.44 bits per heavy atom. The molecule has 0 spiro atoms. The number of aliphatic hydroxyl groups excluding tert-OH is 2. The van der Waals surface area contributed by atoms with Crippen LogP contribution in [-0.2, 0) is 20.8 Å². The van der Waals surface area contributed by atoms with Crippen LogP contribution in [0.5, 0.6) is 5.75 Å². The fourth-order valence-electron chi connectivity index (χ4n) is 5.62. The van der Waals surface area contributed by atoms with Gasteiger partial charge < -0.3 is 31.1 Å². The van der Waals surface area contributed by atoms with Crippen molar-refractivity contribution in [2.24, 2.45) is 17.6 Å². The standard InChI is InChI=1S/C23H28N4O7/c1-5-27(4)16-11-7-9-6-10-14(12(28)8-25-22(10)26(2)3)17(29)13(9)19(31)23(11,34)20(32)15(18(16)30)21(24)33/h8-9,11,16,28-29,32,34H,5-7H2,1-4H3,(H2,24,33)/t9?,11-,16-,23-/m0/s1. The average molecular weight is 472 g/mol. The number of likely N-dealkylation sites (N-methyl/N-ethyl adjacent to an activating group) is 1. The van der Waals surface area contributed by atoms with Crippen molar-refractivity contribution in [2.75, 3.05) is 32.6 Å². The minimum absolute atomic E-state index is 0.0213. The zero-order chi connectivity index (χ0) is 25.3. The first-order valence-corrected chi connectivity index (χ1v) is 10.9. The maximum absolute atomic E-state index is 13.8. The van der Waals surface area contributed by atoms with Gasteiger partial charge in [-0.05, 0) is 32.4 Å². The molecule has 34 heavy (non-hydrogen) atoms. The number of nitrogens with zero attached hydrogens (tertiary/aromatic N) is 3. The molecule has 3 aliphatic rings. The largest absolute Gasteiger partial charge is 0.508 e. The lowest BCUT2D eigenvalue weighted by atomic mass is 9.57. The molecule has 1 unspecified atom stereocenters. The maximum atomic E-state index is 13.8. The number of fused-ring (bicyclic) bond motifs is 3. The van der Waals surface area contributed by atoms with Gasteiger partial charge in [0, 0.05) is 31.1 Å². The first-order valence-electron chi connectivity index (χ1n) is 10.9. The highest BCUT2D eigenvalue weighted by Gasteiger charge is 2.64. The Bertz CT molecular complexity index is 1190. The van der Waals surface area contributed by atoms with Gasteiger partial charge in [-0.15, -0.1) is 0 Å². The van der Waals surface area contributed by atoms with Crippen LogP contribution in [0.15, 0.2) is 23.1 Å². The van der Waals surface area contributed by atoms with E-state index < -0.39 is 58.0 Å². The molecule has 182 valence electrons. The Labute approximate surface area is 195 Å². The number of nitrogens with two attached hydrogens (primary N) is 1. The minimum atomic E-state index is -2.64. The Balaban J connectivity index is 1.99. The van der Waals surface area contributed by atoms with E-state index in [1.54, 1.807) is 37.9 Å². The van der Waals surface area contributed by atoms with Crippen LogP contribution in [-0.4, -0.2) is 87.1 Å². The summed E-state index contributed by atoms with van der Waals surface area (Å²) in [6.07, 6.45) is 1.40. The van der Waals surface area contributed by atoms with E-state index in [0.29, 0.717) is 17.9 Å². The number of rotatable bonds is 4. The molecule has 1 amide bonds. The van der Waals surface area contributed by atoms with Gasteiger partial charge in [0.1, 0.15) is 28.7 Å². The van der Waals surface area contributed by atoms with Crippen LogP contribution in [0.1, 0.15) is 24.5 Å². The van der Waals surface area contributed by atoms with E-state index in [-0.39, 0.29) is 29.7 Å². The zero-order valence-corrected chi connectivity index (χ0v) is 19.4. The molecule has 3 aliphatic carbocycles. The van der Waals surface area contributed by atoms with E-state index in [9.17, 15) is 34.8 Å². The SMILES string of the molecule is CCN(C)[C@@H]1C(=O)C(C(N)=O)=C(O)[C@@]2(O)C(=O)C3=C(O)c4c(O)cnc(N(C)C)c4CC3C[C@@H]12. The summed E-state index contributed by atoms with van der Waals surface area (Å²) in [5.74, 6) is -6.26. The van der Waals surface area contributed by atoms with Gasteiger partial charge in [-0.3, -0.25) is 19.3 Å².